The number of halogens is 3. The molecular formula is C17H13BrCl2N2O2. The van der Waals surface area contributed by atoms with Gasteiger partial charge in [0.15, 0.2) is 0 Å². The second kappa shape index (κ2) is 8.87. The summed E-state index contributed by atoms with van der Waals surface area (Å²) in [6.45, 7) is 4.02. The average molecular weight is 428 g/mol. The lowest BCUT2D eigenvalue weighted by Crippen LogP contribution is -2.17. The molecule has 0 aliphatic rings. The number of nitrogens with zero attached hydrogens (tertiary/aromatic N) is 1. The molecule has 0 bridgehead atoms. The molecule has 4 nitrogen and oxygen atoms in total. The summed E-state index contributed by atoms with van der Waals surface area (Å²) >= 11 is 15.1. The molecule has 0 fully saturated rings. The van der Waals surface area contributed by atoms with Crippen LogP contribution in [0.25, 0.3) is 0 Å². The molecule has 1 N–H and O–H groups in total. The van der Waals surface area contributed by atoms with Crippen LogP contribution >= 0.6 is 39.1 Å². The summed E-state index contributed by atoms with van der Waals surface area (Å²) in [6, 6.07) is 10.1. The minimum absolute atomic E-state index is 0.312. The average Bonchev–Trinajstić information content (AvgIpc) is 2.56. The largest absolute Gasteiger partial charge is 0.488 e. The number of carbonyl (C=O) groups is 1. The number of benzene rings is 2. The third kappa shape index (κ3) is 5.09. The van der Waals surface area contributed by atoms with Crippen molar-refractivity contribution in [1.82, 2.24) is 5.43 Å². The molecule has 0 heterocycles. The number of nitrogens with one attached hydrogen (secondary N) is 1. The summed E-state index contributed by atoms with van der Waals surface area (Å²) in [5.41, 5.74) is 3.60. The van der Waals surface area contributed by atoms with Gasteiger partial charge in [0, 0.05) is 5.56 Å². The van der Waals surface area contributed by atoms with E-state index in [-0.39, 0.29) is 5.91 Å². The van der Waals surface area contributed by atoms with Gasteiger partial charge < -0.3 is 4.74 Å². The number of rotatable bonds is 6. The molecular weight excluding hydrogens is 415 g/mol. The number of hydrogen-bond acceptors (Lipinski definition) is 3. The van der Waals surface area contributed by atoms with Gasteiger partial charge in [-0.2, -0.15) is 5.10 Å². The van der Waals surface area contributed by atoms with E-state index in [1.165, 1.54) is 12.3 Å². The normalized spacial score (nSPS) is 10.6. The Balaban J connectivity index is 2.00. The van der Waals surface area contributed by atoms with E-state index in [0.717, 1.165) is 10.0 Å². The van der Waals surface area contributed by atoms with Crippen LogP contribution in [0.4, 0.5) is 0 Å². The van der Waals surface area contributed by atoms with Gasteiger partial charge in [0.1, 0.15) is 12.4 Å². The molecule has 1 amide bonds. The zero-order chi connectivity index (χ0) is 17.5. The number of carbonyl (C=O) groups excluding carboxylic acids is 1. The maximum absolute atomic E-state index is 12.0. The Labute approximate surface area is 158 Å². The van der Waals surface area contributed by atoms with Crippen molar-refractivity contribution < 1.29 is 9.53 Å². The molecule has 124 valence electrons. The SMILES string of the molecule is C=CCOc1ccc(/C=N\NC(=O)c2ccc(Cl)c(Cl)c2)cc1Br. The zero-order valence-electron chi connectivity index (χ0n) is 12.4. The van der Waals surface area contributed by atoms with Gasteiger partial charge >= 0.3 is 0 Å². The molecule has 0 aliphatic heterocycles. The second-order valence-corrected chi connectivity index (χ2v) is 6.29. The molecule has 0 spiro atoms. The predicted molar refractivity (Wildman–Crippen MR) is 101 cm³/mol. The van der Waals surface area contributed by atoms with E-state index in [1.54, 1.807) is 24.3 Å². The molecule has 24 heavy (non-hydrogen) atoms. The Kier molecular flexibility index (Phi) is 6.85. The molecule has 0 aliphatic carbocycles. The molecule has 0 saturated carbocycles. The van der Waals surface area contributed by atoms with Crippen molar-refractivity contribution in [3.8, 4) is 5.75 Å². The number of hydrazone groups is 1. The first-order chi connectivity index (χ1) is 11.5. The summed E-state index contributed by atoms with van der Waals surface area (Å²) in [5, 5.41) is 4.63. The van der Waals surface area contributed by atoms with Crippen LogP contribution in [0.5, 0.6) is 5.75 Å². The Bertz CT molecular complexity index is 794. The summed E-state index contributed by atoms with van der Waals surface area (Å²) in [4.78, 5) is 12.0. The van der Waals surface area contributed by atoms with Crippen LogP contribution in [0.15, 0.2) is 58.6 Å². The van der Waals surface area contributed by atoms with Crippen molar-refractivity contribution in [2.24, 2.45) is 5.10 Å². The van der Waals surface area contributed by atoms with E-state index in [4.69, 9.17) is 27.9 Å². The summed E-state index contributed by atoms with van der Waals surface area (Å²) in [5.74, 6) is 0.321. The van der Waals surface area contributed by atoms with Gasteiger partial charge in [-0.1, -0.05) is 35.9 Å². The first-order valence-corrected chi connectivity index (χ1v) is 8.38. The lowest BCUT2D eigenvalue weighted by molar-refractivity contribution is 0.0955. The van der Waals surface area contributed by atoms with Crippen LogP contribution in [-0.4, -0.2) is 18.7 Å². The molecule has 7 heteroatoms. The molecule has 2 aromatic rings. The molecule has 0 aromatic heterocycles. The monoisotopic (exact) mass is 426 g/mol. The fourth-order valence-electron chi connectivity index (χ4n) is 1.73. The van der Waals surface area contributed by atoms with Crippen molar-refractivity contribution in [3.05, 3.63) is 74.7 Å². The van der Waals surface area contributed by atoms with Crippen molar-refractivity contribution in [3.63, 3.8) is 0 Å². The van der Waals surface area contributed by atoms with E-state index in [0.29, 0.717) is 28.0 Å². The van der Waals surface area contributed by atoms with Crippen LogP contribution < -0.4 is 10.2 Å². The molecule has 0 radical (unpaired) electrons. The fourth-order valence-corrected chi connectivity index (χ4v) is 2.54. The van der Waals surface area contributed by atoms with Crippen LogP contribution in [0, 0.1) is 0 Å². The van der Waals surface area contributed by atoms with Crippen LogP contribution in [0.2, 0.25) is 10.0 Å². The second-order valence-electron chi connectivity index (χ2n) is 4.62. The number of ether oxygens (including phenoxy) is 1. The molecule has 0 unspecified atom stereocenters. The van der Waals surface area contributed by atoms with Crippen molar-refractivity contribution in [2.45, 2.75) is 0 Å². The minimum atomic E-state index is -0.380. The van der Waals surface area contributed by atoms with E-state index in [2.05, 4.69) is 33.0 Å². The molecule has 2 rings (SSSR count). The fraction of sp³-hybridized carbons (Fsp3) is 0.0588. The summed E-state index contributed by atoms with van der Waals surface area (Å²) in [6.07, 6.45) is 3.19. The quantitative estimate of drug-likeness (QED) is 0.396. The highest BCUT2D eigenvalue weighted by atomic mass is 79.9. The molecule has 2 aromatic carbocycles. The minimum Gasteiger partial charge on any atom is -0.488 e. The Morgan fingerprint density at radius 1 is 1.25 bits per heavy atom. The highest BCUT2D eigenvalue weighted by Gasteiger charge is 2.07. The van der Waals surface area contributed by atoms with Crippen LogP contribution in [0.1, 0.15) is 15.9 Å². The summed E-state index contributed by atoms with van der Waals surface area (Å²) < 4.78 is 6.24. The van der Waals surface area contributed by atoms with Crippen molar-refractivity contribution in [2.75, 3.05) is 6.61 Å². The maximum Gasteiger partial charge on any atom is 0.271 e. The van der Waals surface area contributed by atoms with Crippen molar-refractivity contribution in [1.29, 1.82) is 0 Å². The lowest BCUT2D eigenvalue weighted by Gasteiger charge is -2.06. The summed E-state index contributed by atoms with van der Waals surface area (Å²) in [7, 11) is 0. The standard InChI is InChI=1S/C17H13BrCl2N2O2/c1-2-7-24-16-6-3-11(8-13(16)18)10-21-22-17(23)12-4-5-14(19)15(20)9-12/h2-6,8-10H,1,7H2,(H,22,23)/b21-10-. The van der Waals surface area contributed by atoms with Crippen LogP contribution in [0.3, 0.4) is 0 Å². The van der Waals surface area contributed by atoms with Gasteiger partial charge in [-0.15, -0.1) is 0 Å². The van der Waals surface area contributed by atoms with Gasteiger partial charge in [0.2, 0.25) is 0 Å². The van der Waals surface area contributed by atoms with Crippen molar-refractivity contribution >= 4 is 51.3 Å². The molecule has 0 saturated heterocycles. The predicted octanol–water partition coefficient (Wildman–Crippen LogP) is 5.08. The van der Waals surface area contributed by atoms with E-state index < -0.39 is 0 Å². The third-order valence-electron chi connectivity index (χ3n) is 2.87. The lowest BCUT2D eigenvalue weighted by atomic mass is 10.2. The van der Waals surface area contributed by atoms with Gasteiger partial charge in [-0.25, -0.2) is 5.43 Å². The van der Waals surface area contributed by atoms with Gasteiger partial charge in [0.05, 0.1) is 20.7 Å². The van der Waals surface area contributed by atoms with E-state index in [1.807, 2.05) is 12.1 Å². The highest BCUT2D eigenvalue weighted by molar-refractivity contribution is 9.10. The highest BCUT2D eigenvalue weighted by Crippen LogP contribution is 2.25. The Morgan fingerprint density at radius 3 is 2.71 bits per heavy atom. The topological polar surface area (TPSA) is 50.7 Å². The maximum atomic E-state index is 12.0. The van der Waals surface area contributed by atoms with E-state index in [9.17, 15) is 4.79 Å². The van der Waals surface area contributed by atoms with Gasteiger partial charge in [-0.05, 0) is 57.9 Å². The smallest absolute Gasteiger partial charge is 0.271 e. The van der Waals surface area contributed by atoms with E-state index >= 15 is 0 Å². The van der Waals surface area contributed by atoms with Gasteiger partial charge in [-0.3, -0.25) is 4.79 Å². The number of amides is 1. The van der Waals surface area contributed by atoms with Gasteiger partial charge in [0.25, 0.3) is 5.91 Å². The Morgan fingerprint density at radius 2 is 2.04 bits per heavy atom. The first kappa shape index (κ1) is 18.5. The third-order valence-corrected chi connectivity index (χ3v) is 4.23. The molecule has 0 atom stereocenters. The first-order valence-electron chi connectivity index (χ1n) is 6.83. The number of hydrogen-bond donors (Lipinski definition) is 1. The zero-order valence-corrected chi connectivity index (χ0v) is 15.5. The Hall–Kier alpha value is -1.82. The van der Waals surface area contributed by atoms with Crippen LogP contribution in [-0.2, 0) is 0 Å².